The summed E-state index contributed by atoms with van der Waals surface area (Å²) in [5, 5.41) is 7.40. The Hall–Kier alpha value is -2.93. The largest absolute Gasteiger partial charge is 0.356 e. The zero-order valence-electron chi connectivity index (χ0n) is 21.0. The number of hydrogen-bond donors (Lipinski definition) is 3. The zero-order valence-corrected chi connectivity index (χ0v) is 23.3. The van der Waals surface area contributed by atoms with Crippen molar-refractivity contribution >= 4 is 61.9 Å². The van der Waals surface area contributed by atoms with Crippen LogP contribution in [0.4, 0.5) is 5.82 Å². The molecule has 2 amide bonds. The molecule has 0 aliphatic carbocycles. The maximum absolute atomic E-state index is 13.5. The first-order valence-electron chi connectivity index (χ1n) is 12.1. The number of rotatable bonds is 9. The average molecular weight is 583 g/mol. The van der Waals surface area contributed by atoms with Gasteiger partial charge in [0.25, 0.3) is 5.91 Å². The quantitative estimate of drug-likeness (QED) is 0.332. The Balaban J connectivity index is 1.52. The Morgan fingerprint density at radius 3 is 2.55 bits per heavy atom. The number of benzene rings is 1. The molecule has 0 radical (unpaired) electrons. The fourth-order valence-electron chi connectivity index (χ4n) is 4.70. The van der Waals surface area contributed by atoms with Crippen LogP contribution in [-0.4, -0.2) is 64.2 Å². The number of halogens is 2. The molecule has 2 aromatic heterocycles. The highest BCUT2D eigenvalue weighted by atomic mass is 35.5. The molecule has 1 aromatic carbocycles. The van der Waals surface area contributed by atoms with Gasteiger partial charge in [0.1, 0.15) is 5.69 Å². The Morgan fingerprint density at radius 1 is 1.16 bits per heavy atom. The third-order valence-corrected chi connectivity index (χ3v) is 9.08. The minimum absolute atomic E-state index is 0.127. The van der Waals surface area contributed by atoms with E-state index in [0.717, 1.165) is 5.52 Å². The van der Waals surface area contributed by atoms with Crippen LogP contribution >= 0.6 is 23.2 Å². The highest BCUT2D eigenvalue weighted by Gasteiger charge is 2.39. The summed E-state index contributed by atoms with van der Waals surface area (Å²) in [4.78, 5) is 32.7. The molecule has 1 fully saturated rings. The Labute approximate surface area is 231 Å². The molecule has 4 rings (SSSR count). The molecule has 14 heteroatoms. The number of fused-ring (bicyclic) bond motifs is 1. The molecule has 0 atom stereocenters. The van der Waals surface area contributed by atoms with E-state index >= 15 is 0 Å². The summed E-state index contributed by atoms with van der Waals surface area (Å²) >= 11 is 12.5. The minimum Gasteiger partial charge on any atom is -0.356 e. The average Bonchev–Trinajstić information content (AvgIpc) is 3.22. The smallest absolute Gasteiger partial charge is 0.302 e. The maximum atomic E-state index is 13.5. The van der Waals surface area contributed by atoms with Crippen LogP contribution in [0.15, 0.2) is 36.8 Å². The van der Waals surface area contributed by atoms with E-state index in [9.17, 15) is 18.0 Å². The van der Waals surface area contributed by atoms with E-state index in [-0.39, 0.29) is 30.7 Å². The van der Waals surface area contributed by atoms with Crippen molar-refractivity contribution < 1.29 is 18.0 Å². The first-order chi connectivity index (χ1) is 18.0. The Morgan fingerprint density at radius 2 is 1.89 bits per heavy atom. The van der Waals surface area contributed by atoms with Crippen LogP contribution in [0.5, 0.6) is 0 Å². The lowest BCUT2D eigenvalue weighted by Gasteiger charge is -2.42. The van der Waals surface area contributed by atoms with Gasteiger partial charge in [-0.1, -0.05) is 23.2 Å². The topological polar surface area (TPSA) is 138 Å². The number of carbonyl (C=O) groups excluding carboxylic acids is 2. The van der Waals surface area contributed by atoms with Gasteiger partial charge in [0.05, 0.1) is 16.2 Å². The highest BCUT2D eigenvalue weighted by molar-refractivity contribution is 7.90. The molecular formula is C24H29Cl2N7O4S. The Kier molecular flexibility index (Phi) is 8.46. The Bertz CT molecular complexity index is 1440. The second-order valence-electron chi connectivity index (χ2n) is 9.30. The van der Waals surface area contributed by atoms with Gasteiger partial charge in [-0.3, -0.25) is 19.3 Å². The molecule has 3 aromatic rings. The van der Waals surface area contributed by atoms with Gasteiger partial charge in [0.2, 0.25) is 5.91 Å². The van der Waals surface area contributed by atoms with E-state index in [4.69, 9.17) is 23.2 Å². The van der Waals surface area contributed by atoms with Crippen molar-refractivity contribution in [1.29, 1.82) is 0 Å². The molecule has 0 bridgehead atoms. The lowest BCUT2D eigenvalue weighted by Crippen LogP contribution is -2.57. The van der Waals surface area contributed by atoms with Crippen molar-refractivity contribution in [3.05, 3.63) is 52.5 Å². The van der Waals surface area contributed by atoms with Gasteiger partial charge >= 0.3 is 10.2 Å². The predicted octanol–water partition coefficient (Wildman–Crippen LogP) is 3.11. The third-order valence-electron chi connectivity index (χ3n) is 6.75. The van der Waals surface area contributed by atoms with Crippen molar-refractivity contribution in [1.82, 2.24) is 29.5 Å². The van der Waals surface area contributed by atoms with E-state index in [1.807, 2.05) is 0 Å². The van der Waals surface area contributed by atoms with Crippen molar-refractivity contribution in [2.24, 2.45) is 7.05 Å². The summed E-state index contributed by atoms with van der Waals surface area (Å²) in [7, 11) is -2.08. The van der Waals surface area contributed by atoms with Crippen LogP contribution in [0.25, 0.3) is 10.9 Å². The molecule has 0 unspecified atom stereocenters. The molecule has 0 saturated carbocycles. The lowest BCUT2D eigenvalue weighted by atomic mass is 9.83. The van der Waals surface area contributed by atoms with Gasteiger partial charge in [0, 0.05) is 62.4 Å². The summed E-state index contributed by atoms with van der Waals surface area (Å²) in [5.41, 5.74) is 0.497. The first-order valence-corrected chi connectivity index (χ1v) is 14.3. The van der Waals surface area contributed by atoms with E-state index in [1.54, 1.807) is 29.8 Å². The van der Waals surface area contributed by atoms with Gasteiger partial charge in [-0.25, -0.2) is 4.98 Å². The number of hydrogen-bond acceptors (Lipinski definition) is 6. The number of nitrogens with one attached hydrogen (secondary N) is 3. The van der Waals surface area contributed by atoms with Gasteiger partial charge in [-0.15, -0.1) is 0 Å². The maximum Gasteiger partial charge on any atom is 0.302 e. The first kappa shape index (κ1) is 28.1. The van der Waals surface area contributed by atoms with E-state index in [2.05, 4.69) is 25.3 Å². The number of carbonyl (C=O) groups is 2. The summed E-state index contributed by atoms with van der Waals surface area (Å²) in [5.74, 6) is -0.308. The lowest BCUT2D eigenvalue weighted by molar-refractivity contribution is -0.119. The van der Waals surface area contributed by atoms with E-state index < -0.39 is 15.7 Å². The van der Waals surface area contributed by atoms with Gasteiger partial charge in [0.15, 0.2) is 5.82 Å². The molecule has 0 spiro atoms. The molecule has 3 N–H and O–H groups in total. The van der Waals surface area contributed by atoms with Crippen LogP contribution in [-0.2, 0) is 22.1 Å². The number of aromatic nitrogens is 3. The number of amides is 2. The molecular weight excluding hydrogens is 553 g/mol. The zero-order chi connectivity index (χ0) is 27.5. The monoisotopic (exact) mass is 581 g/mol. The SMILES string of the molecule is CC(=O)NCCCC1(NC(=O)c2cc3c(Cl)c(Cl)ccc3n2C)CCN(S(=O)(=O)Nc2cnccn2)CC1. The summed E-state index contributed by atoms with van der Waals surface area (Å²) < 4.78 is 31.4. The second-order valence-corrected chi connectivity index (χ2v) is 11.8. The molecule has 3 heterocycles. The fraction of sp³-hybridized carbons (Fsp3) is 0.417. The van der Waals surface area contributed by atoms with E-state index in [1.165, 1.54) is 29.8 Å². The van der Waals surface area contributed by atoms with E-state index in [0.29, 0.717) is 53.4 Å². The standard InChI is InChI=1S/C24H29Cl2N7O4S/c1-16(34)28-9-3-6-24(7-12-33(13-8-24)38(36,37)31-21-15-27-10-11-29-21)30-23(35)20-14-17-19(32(20)2)5-4-18(25)22(17)26/h4-5,10-11,14-15H,3,6-9,12-13H2,1-2H3,(H,28,34)(H,29,31)(H,30,35). The number of anilines is 1. The molecule has 1 saturated heterocycles. The summed E-state index contributed by atoms with van der Waals surface area (Å²) in [6.07, 6.45) is 6.12. The van der Waals surface area contributed by atoms with Gasteiger partial charge in [-0.2, -0.15) is 12.7 Å². The van der Waals surface area contributed by atoms with Crippen LogP contribution in [0, 0.1) is 0 Å². The van der Waals surface area contributed by atoms with Crippen molar-refractivity contribution in [2.45, 2.75) is 38.1 Å². The molecule has 1 aliphatic heterocycles. The molecule has 11 nitrogen and oxygen atoms in total. The van der Waals surface area contributed by atoms with Crippen LogP contribution in [0.1, 0.15) is 43.1 Å². The predicted molar refractivity (Wildman–Crippen MR) is 146 cm³/mol. The number of aryl methyl sites for hydroxylation is 1. The van der Waals surface area contributed by atoms with Crippen LogP contribution < -0.4 is 15.4 Å². The van der Waals surface area contributed by atoms with Gasteiger partial charge in [-0.05, 0) is 43.9 Å². The van der Waals surface area contributed by atoms with Crippen LogP contribution in [0.3, 0.4) is 0 Å². The van der Waals surface area contributed by atoms with Crippen LogP contribution in [0.2, 0.25) is 10.0 Å². The second kappa shape index (κ2) is 11.4. The number of nitrogens with zero attached hydrogens (tertiary/aromatic N) is 4. The van der Waals surface area contributed by atoms with Crippen molar-refractivity contribution in [3.63, 3.8) is 0 Å². The third kappa shape index (κ3) is 6.20. The highest BCUT2D eigenvalue weighted by Crippen LogP contribution is 2.34. The normalized spacial score (nSPS) is 15.8. The van der Waals surface area contributed by atoms with Crippen molar-refractivity contribution in [2.75, 3.05) is 24.4 Å². The summed E-state index contributed by atoms with van der Waals surface area (Å²) in [6.45, 7) is 2.27. The summed E-state index contributed by atoms with van der Waals surface area (Å²) in [6, 6.07) is 5.19. The van der Waals surface area contributed by atoms with Gasteiger partial charge < -0.3 is 15.2 Å². The van der Waals surface area contributed by atoms with Crippen molar-refractivity contribution in [3.8, 4) is 0 Å². The molecule has 38 heavy (non-hydrogen) atoms. The number of piperidine rings is 1. The fourth-order valence-corrected chi connectivity index (χ4v) is 6.24. The minimum atomic E-state index is -3.86. The molecule has 1 aliphatic rings. The molecule has 204 valence electrons.